The predicted octanol–water partition coefficient (Wildman–Crippen LogP) is -2.67. The first-order chi connectivity index (χ1) is 14.0. The molecule has 12 nitrogen and oxygen atoms in total. The van der Waals surface area contributed by atoms with Crippen molar-refractivity contribution in [3.63, 3.8) is 0 Å². The van der Waals surface area contributed by atoms with Crippen LogP contribution in [0, 0.1) is 0 Å². The molecule has 12 heteroatoms. The Balaban J connectivity index is 2.82. The summed E-state index contributed by atoms with van der Waals surface area (Å²) in [5.74, 6) is -4.28. The second kappa shape index (κ2) is 11.4. The molecule has 0 fully saturated rings. The summed E-state index contributed by atoms with van der Waals surface area (Å²) in [6.45, 7) is 0.700. The Labute approximate surface area is 172 Å². The first kappa shape index (κ1) is 24.4. The van der Waals surface area contributed by atoms with Crippen LogP contribution in [0.2, 0.25) is 0 Å². The number of phenols is 1. The number of primary amides is 1. The van der Waals surface area contributed by atoms with Gasteiger partial charge < -0.3 is 37.6 Å². The van der Waals surface area contributed by atoms with Crippen molar-refractivity contribution in [2.45, 2.75) is 37.9 Å². The maximum absolute atomic E-state index is 12.4. The fraction of sp³-hybridized carbons (Fsp3) is 0.389. The van der Waals surface area contributed by atoms with E-state index in [1.54, 1.807) is 0 Å². The summed E-state index contributed by atoms with van der Waals surface area (Å²) < 4.78 is 0. The Morgan fingerprint density at radius 3 is 2.13 bits per heavy atom. The number of carbonyl (C=O) groups excluding carboxylic acids is 4. The highest BCUT2D eigenvalue weighted by atomic mass is 16.4. The Kier molecular flexibility index (Phi) is 9.23. The van der Waals surface area contributed by atoms with E-state index in [1.165, 1.54) is 31.2 Å². The van der Waals surface area contributed by atoms with E-state index in [0.29, 0.717) is 5.56 Å². The summed E-state index contributed by atoms with van der Waals surface area (Å²) >= 11 is 0. The van der Waals surface area contributed by atoms with E-state index in [1.807, 2.05) is 0 Å². The Hall–Kier alpha value is -3.67. The molecule has 0 aromatic heterocycles. The predicted molar refractivity (Wildman–Crippen MR) is 104 cm³/mol. The fourth-order valence-electron chi connectivity index (χ4n) is 2.36. The average Bonchev–Trinajstić information content (AvgIpc) is 2.66. The Morgan fingerprint density at radius 1 is 1.00 bits per heavy atom. The molecular formula is C18H25N5O7. The molecule has 1 aromatic carbocycles. The lowest BCUT2D eigenvalue weighted by atomic mass is 10.0. The van der Waals surface area contributed by atoms with Crippen molar-refractivity contribution in [3.05, 3.63) is 29.8 Å². The molecule has 0 aliphatic carbocycles. The van der Waals surface area contributed by atoms with Crippen LogP contribution in [0.25, 0.3) is 0 Å². The van der Waals surface area contributed by atoms with Gasteiger partial charge in [-0.3, -0.25) is 24.0 Å². The molecule has 0 aliphatic heterocycles. The second-order valence-corrected chi connectivity index (χ2v) is 6.55. The van der Waals surface area contributed by atoms with Crippen molar-refractivity contribution in [3.8, 4) is 5.75 Å². The zero-order valence-corrected chi connectivity index (χ0v) is 16.3. The molecule has 1 aromatic rings. The van der Waals surface area contributed by atoms with E-state index >= 15 is 0 Å². The molecule has 0 saturated heterocycles. The summed E-state index contributed by atoms with van der Waals surface area (Å²) in [7, 11) is 0. The van der Waals surface area contributed by atoms with Gasteiger partial charge in [0.25, 0.3) is 0 Å². The molecule has 9 N–H and O–H groups in total. The third kappa shape index (κ3) is 8.56. The van der Waals surface area contributed by atoms with Crippen molar-refractivity contribution in [1.29, 1.82) is 0 Å². The lowest BCUT2D eigenvalue weighted by Gasteiger charge is -2.22. The number of benzene rings is 1. The highest BCUT2D eigenvalue weighted by Gasteiger charge is 2.26. The number of rotatable bonds is 11. The van der Waals surface area contributed by atoms with Crippen molar-refractivity contribution < 1.29 is 34.2 Å². The molecule has 30 heavy (non-hydrogen) atoms. The summed E-state index contributed by atoms with van der Waals surface area (Å²) in [6.07, 6.45) is -0.402. The third-order valence-corrected chi connectivity index (χ3v) is 3.93. The van der Waals surface area contributed by atoms with Crippen LogP contribution in [-0.4, -0.2) is 64.5 Å². The Morgan fingerprint density at radius 2 is 1.60 bits per heavy atom. The number of carboxylic acid groups (broad SMARTS) is 1. The molecule has 0 saturated carbocycles. The highest BCUT2D eigenvalue weighted by molar-refractivity contribution is 5.94. The van der Waals surface area contributed by atoms with Crippen LogP contribution in [0.1, 0.15) is 18.9 Å². The SMILES string of the molecule is CC(NC(=O)C(N)CC(N)=O)C(=O)NC(Cc1ccc(O)cc1)C(=O)NCC(=O)O. The first-order valence-corrected chi connectivity index (χ1v) is 8.91. The first-order valence-electron chi connectivity index (χ1n) is 8.91. The number of nitrogens with two attached hydrogens (primary N) is 2. The quantitative estimate of drug-likeness (QED) is 0.199. The number of hydrogen-bond donors (Lipinski definition) is 7. The van der Waals surface area contributed by atoms with Crippen molar-refractivity contribution in [2.24, 2.45) is 11.5 Å². The van der Waals surface area contributed by atoms with Crippen molar-refractivity contribution >= 4 is 29.6 Å². The smallest absolute Gasteiger partial charge is 0.322 e. The highest BCUT2D eigenvalue weighted by Crippen LogP contribution is 2.11. The maximum Gasteiger partial charge on any atom is 0.322 e. The average molecular weight is 423 g/mol. The second-order valence-electron chi connectivity index (χ2n) is 6.55. The summed E-state index contributed by atoms with van der Waals surface area (Å²) in [5, 5.41) is 25.0. The van der Waals surface area contributed by atoms with Crippen LogP contribution >= 0.6 is 0 Å². The zero-order chi connectivity index (χ0) is 22.8. The van der Waals surface area contributed by atoms with E-state index in [-0.39, 0.29) is 12.2 Å². The lowest BCUT2D eigenvalue weighted by molar-refractivity contribution is -0.138. The van der Waals surface area contributed by atoms with Gasteiger partial charge in [0.2, 0.25) is 23.6 Å². The van der Waals surface area contributed by atoms with Gasteiger partial charge in [-0.2, -0.15) is 0 Å². The van der Waals surface area contributed by atoms with Gasteiger partial charge in [-0.25, -0.2) is 0 Å². The zero-order valence-electron chi connectivity index (χ0n) is 16.3. The number of aliphatic carboxylic acids is 1. The number of carboxylic acids is 1. The maximum atomic E-state index is 12.4. The molecule has 1 rings (SSSR count). The van der Waals surface area contributed by atoms with Crippen LogP contribution in [0.5, 0.6) is 5.75 Å². The van der Waals surface area contributed by atoms with Gasteiger partial charge >= 0.3 is 5.97 Å². The standard InChI is InChI=1S/C18H25N5O7/c1-9(22-17(29)12(19)7-14(20)25)16(28)23-13(18(30)21-8-15(26)27)6-10-2-4-11(24)5-3-10/h2-5,9,12-13,24H,6-8,19H2,1H3,(H2,20,25)(H,21,30)(H,22,29)(H,23,28)(H,26,27). The van der Waals surface area contributed by atoms with Crippen LogP contribution < -0.4 is 27.4 Å². The molecule has 0 radical (unpaired) electrons. The van der Waals surface area contributed by atoms with E-state index in [4.69, 9.17) is 16.6 Å². The van der Waals surface area contributed by atoms with Crippen LogP contribution in [0.3, 0.4) is 0 Å². The minimum Gasteiger partial charge on any atom is -0.508 e. The summed E-state index contributed by atoms with van der Waals surface area (Å²) in [5.41, 5.74) is 11.1. The van der Waals surface area contributed by atoms with E-state index in [0.717, 1.165) is 0 Å². The minimum absolute atomic E-state index is 0.000667. The molecular weight excluding hydrogens is 398 g/mol. The Bertz CT molecular complexity index is 797. The number of carbonyl (C=O) groups is 5. The van der Waals surface area contributed by atoms with Gasteiger partial charge in [0.1, 0.15) is 24.4 Å². The number of nitrogens with one attached hydrogen (secondary N) is 3. The minimum atomic E-state index is -1.26. The van der Waals surface area contributed by atoms with Crippen LogP contribution in [0.15, 0.2) is 24.3 Å². The molecule has 0 bridgehead atoms. The summed E-state index contributed by atoms with van der Waals surface area (Å²) in [4.78, 5) is 58.2. The van der Waals surface area contributed by atoms with E-state index in [9.17, 15) is 29.1 Å². The molecule has 0 spiro atoms. The van der Waals surface area contributed by atoms with Gasteiger partial charge in [-0.15, -0.1) is 0 Å². The van der Waals surface area contributed by atoms with E-state index < -0.39 is 60.7 Å². The monoisotopic (exact) mass is 423 g/mol. The van der Waals surface area contributed by atoms with Gasteiger partial charge in [0.05, 0.1) is 12.5 Å². The number of hydrogen-bond acceptors (Lipinski definition) is 7. The van der Waals surface area contributed by atoms with Gasteiger partial charge in [0, 0.05) is 6.42 Å². The fourth-order valence-corrected chi connectivity index (χ4v) is 2.36. The van der Waals surface area contributed by atoms with Gasteiger partial charge in [-0.1, -0.05) is 12.1 Å². The molecule has 0 aliphatic rings. The largest absolute Gasteiger partial charge is 0.508 e. The lowest BCUT2D eigenvalue weighted by Crippen LogP contribution is -2.55. The molecule has 3 atom stereocenters. The molecule has 164 valence electrons. The molecule has 0 heterocycles. The van der Waals surface area contributed by atoms with Crippen LogP contribution in [0.4, 0.5) is 0 Å². The van der Waals surface area contributed by atoms with Gasteiger partial charge in [0.15, 0.2) is 0 Å². The third-order valence-electron chi connectivity index (χ3n) is 3.93. The molecule has 3 unspecified atom stereocenters. The number of amides is 4. The molecule has 4 amide bonds. The van der Waals surface area contributed by atoms with Crippen molar-refractivity contribution in [2.75, 3.05) is 6.54 Å². The van der Waals surface area contributed by atoms with Crippen LogP contribution in [-0.2, 0) is 30.4 Å². The number of phenolic OH excluding ortho intramolecular Hbond substituents is 1. The van der Waals surface area contributed by atoms with Gasteiger partial charge in [-0.05, 0) is 24.6 Å². The topological polar surface area (TPSA) is 214 Å². The van der Waals surface area contributed by atoms with Crippen molar-refractivity contribution in [1.82, 2.24) is 16.0 Å². The normalized spacial score (nSPS) is 13.4. The number of aromatic hydroxyl groups is 1. The summed E-state index contributed by atoms with van der Waals surface area (Å²) in [6, 6.07) is 2.37. The van der Waals surface area contributed by atoms with E-state index in [2.05, 4.69) is 16.0 Å².